The highest BCUT2D eigenvalue weighted by atomic mass is 32.2. The van der Waals surface area contributed by atoms with E-state index in [1.165, 1.54) is 13.5 Å². The van der Waals surface area contributed by atoms with Crippen LogP contribution in [0.2, 0.25) is 0 Å². The van der Waals surface area contributed by atoms with Crippen molar-refractivity contribution in [2.75, 3.05) is 7.11 Å². The molecule has 2 aromatic heterocycles. The van der Waals surface area contributed by atoms with Gasteiger partial charge in [0, 0.05) is 11.8 Å². The Balaban J connectivity index is 1.75. The second-order valence-corrected chi connectivity index (χ2v) is 8.53. The first-order valence-electron chi connectivity index (χ1n) is 8.46. The summed E-state index contributed by atoms with van der Waals surface area (Å²) in [6.45, 7) is 1.78. The molecule has 0 bridgehead atoms. The van der Waals surface area contributed by atoms with Crippen LogP contribution in [0.3, 0.4) is 0 Å². The molecule has 0 aromatic carbocycles. The summed E-state index contributed by atoms with van der Waals surface area (Å²) in [5.74, 6) is 0.640. The largest absolute Gasteiger partial charge is 0.481 e. The van der Waals surface area contributed by atoms with Crippen LogP contribution in [0.15, 0.2) is 12.1 Å². The highest BCUT2D eigenvalue weighted by Gasteiger charge is 2.24. The average Bonchev–Trinajstić information content (AvgIpc) is 3.04. The van der Waals surface area contributed by atoms with E-state index in [4.69, 9.17) is 4.74 Å². The van der Waals surface area contributed by atoms with Gasteiger partial charge in [0.1, 0.15) is 5.75 Å². The lowest BCUT2D eigenvalue weighted by atomic mass is 9.96. The van der Waals surface area contributed by atoms with Gasteiger partial charge in [-0.3, -0.25) is 0 Å². The Bertz CT molecular complexity index is 828. The molecule has 1 aliphatic rings. The van der Waals surface area contributed by atoms with E-state index in [-0.39, 0.29) is 17.5 Å². The molecule has 25 heavy (non-hydrogen) atoms. The second kappa shape index (κ2) is 7.47. The summed E-state index contributed by atoms with van der Waals surface area (Å²) in [6, 6.07) is 3.62. The van der Waals surface area contributed by atoms with Crippen LogP contribution in [0.5, 0.6) is 5.88 Å². The van der Waals surface area contributed by atoms with E-state index >= 15 is 0 Å². The monoisotopic (exact) mass is 365 g/mol. The molecule has 136 valence electrons. The second-order valence-electron chi connectivity index (χ2n) is 6.46. The molecule has 0 spiro atoms. The number of aromatic nitrogens is 5. The van der Waals surface area contributed by atoms with Gasteiger partial charge in [-0.25, -0.2) is 18.1 Å². The van der Waals surface area contributed by atoms with Crippen molar-refractivity contribution in [1.29, 1.82) is 0 Å². The molecule has 8 nitrogen and oxygen atoms in total. The molecular formula is C16H23N5O3S. The van der Waals surface area contributed by atoms with Crippen molar-refractivity contribution in [3.05, 3.63) is 29.2 Å². The Hall–Kier alpha value is -2.03. The number of ether oxygens (including phenoxy) is 1. The molecule has 1 saturated carbocycles. The van der Waals surface area contributed by atoms with Crippen molar-refractivity contribution < 1.29 is 13.2 Å². The van der Waals surface area contributed by atoms with Gasteiger partial charge in [-0.2, -0.15) is 0 Å². The maximum Gasteiger partial charge on any atom is 0.213 e. The minimum atomic E-state index is -3.40. The standard InChI is InChI=1S/C16H23N5O3S/c1-12-13(8-9-16(17-12)24-2)10-25(22,23)11-15-18-19-20-21(15)14-6-4-3-5-7-14/h8-9,14H,3-7,10-11H2,1-2H3. The van der Waals surface area contributed by atoms with Crippen LogP contribution in [-0.4, -0.2) is 40.7 Å². The summed E-state index contributed by atoms with van der Waals surface area (Å²) in [7, 11) is -1.87. The number of rotatable bonds is 6. The van der Waals surface area contributed by atoms with Crippen molar-refractivity contribution in [1.82, 2.24) is 25.2 Å². The summed E-state index contributed by atoms with van der Waals surface area (Å²) in [5, 5.41) is 11.7. The average molecular weight is 365 g/mol. The smallest absolute Gasteiger partial charge is 0.213 e. The topological polar surface area (TPSA) is 99.9 Å². The zero-order chi connectivity index (χ0) is 17.9. The third kappa shape index (κ3) is 4.33. The zero-order valence-corrected chi connectivity index (χ0v) is 15.4. The van der Waals surface area contributed by atoms with Gasteiger partial charge in [-0.05, 0) is 35.8 Å². The van der Waals surface area contributed by atoms with Crippen molar-refractivity contribution >= 4 is 9.84 Å². The number of tetrazole rings is 1. The van der Waals surface area contributed by atoms with Gasteiger partial charge in [-0.15, -0.1) is 5.10 Å². The van der Waals surface area contributed by atoms with Gasteiger partial charge >= 0.3 is 0 Å². The Morgan fingerprint density at radius 1 is 1.20 bits per heavy atom. The predicted octanol–water partition coefficient (Wildman–Crippen LogP) is 2.01. The Kier molecular flexibility index (Phi) is 5.31. The molecule has 0 N–H and O–H groups in total. The first-order chi connectivity index (χ1) is 12.0. The van der Waals surface area contributed by atoms with Crippen molar-refractivity contribution in [2.45, 2.75) is 56.6 Å². The maximum atomic E-state index is 12.6. The molecule has 3 rings (SSSR count). The lowest BCUT2D eigenvalue weighted by Gasteiger charge is -2.22. The van der Waals surface area contributed by atoms with E-state index in [0.717, 1.165) is 25.7 Å². The Labute approximate surface area is 147 Å². The number of hydrogen-bond donors (Lipinski definition) is 0. The van der Waals surface area contributed by atoms with E-state index in [2.05, 4.69) is 20.5 Å². The van der Waals surface area contributed by atoms with E-state index < -0.39 is 9.84 Å². The molecule has 1 fully saturated rings. The molecule has 0 aliphatic heterocycles. The van der Waals surface area contributed by atoms with Gasteiger partial charge in [-0.1, -0.05) is 25.3 Å². The molecule has 0 radical (unpaired) electrons. The summed E-state index contributed by atoms with van der Waals surface area (Å²) in [6.07, 6.45) is 5.48. The third-order valence-electron chi connectivity index (χ3n) is 4.58. The Morgan fingerprint density at radius 3 is 2.64 bits per heavy atom. The highest BCUT2D eigenvalue weighted by molar-refractivity contribution is 7.89. The molecule has 2 heterocycles. The van der Waals surface area contributed by atoms with Crippen LogP contribution in [0.1, 0.15) is 55.2 Å². The Morgan fingerprint density at radius 2 is 1.96 bits per heavy atom. The van der Waals surface area contributed by atoms with Crippen molar-refractivity contribution in [2.24, 2.45) is 0 Å². The number of nitrogens with zero attached hydrogens (tertiary/aromatic N) is 5. The fourth-order valence-corrected chi connectivity index (χ4v) is 4.70. The fraction of sp³-hybridized carbons (Fsp3) is 0.625. The predicted molar refractivity (Wildman–Crippen MR) is 91.8 cm³/mol. The minimum absolute atomic E-state index is 0.0899. The van der Waals surface area contributed by atoms with Crippen LogP contribution in [0.4, 0.5) is 0 Å². The van der Waals surface area contributed by atoms with Gasteiger partial charge in [0.15, 0.2) is 15.7 Å². The van der Waals surface area contributed by atoms with Crippen LogP contribution < -0.4 is 4.74 Å². The lowest BCUT2D eigenvalue weighted by molar-refractivity contribution is 0.318. The molecule has 0 unspecified atom stereocenters. The first kappa shape index (κ1) is 17.8. The van der Waals surface area contributed by atoms with E-state index in [0.29, 0.717) is 23.0 Å². The fourth-order valence-electron chi connectivity index (χ4n) is 3.23. The number of hydrogen-bond acceptors (Lipinski definition) is 7. The first-order valence-corrected chi connectivity index (χ1v) is 10.3. The van der Waals surface area contributed by atoms with Gasteiger partial charge in [0.05, 0.1) is 18.9 Å². The van der Waals surface area contributed by atoms with Crippen LogP contribution in [-0.2, 0) is 21.3 Å². The zero-order valence-electron chi connectivity index (χ0n) is 14.6. The van der Waals surface area contributed by atoms with E-state index in [9.17, 15) is 8.42 Å². The summed E-state index contributed by atoms with van der Waals surface area (Å²) in [5.41, 5.74) is 1.31. The van der Waals surface area contributed by atoms with Gasteiger partial charge in [0.25, 0.3) is 0 Å². The maximum absolute atomic E-state index is 12.6. The van der Waals surface area contributed by atoms with Crippen LogP contribution >= 0.6 is 0 Å². The lowest BCUT2D eigenvalue weighted by Crippen LogP contribution is -2.19. The normalized spacial score (nSPS) is 16.1. The number of methoxy groups -OCH3 is 1. The number of aryl methyl sites for hydroxylation is 1. The molecular weight excluding hydrogens is 342 g/mol. The molecule has 0 saturated heterocycles. The molecule has 1 aliphatic carbocycles. The van der Waals surface area contributed by atoms with E-state index in [1.807, 2.05) is 0 Å². The van der Waals surface area contributed by atoms with E-state index in [1.54, 1.807) is 23.7 Å². The molecule has 2 aromatic rings. The third-order valence-corrected chi connectivity index (χ3v) is 6.03. The molecule has 0 amide bonds. The van der Waals surface area contributed by atoms with Crippen molar-refractivity contribution in [3.8, 4) is 5.88 Å². The summed E-state index contributed by atoms with van der Waals surface area (Å²) in [4.78, 5) is 4.23. The van der Waals surface area contributed by atoms with Crippen LogP contribution in [0.25, 0.3) is 0 Å². The number of sulfone groups is 1. The quantitative estimate of drug-likeness (QED) is 0.772. The van der Waals surface area contributed by atoms with Crippen LogP contribution in [0, 0.1) is 6.92 Å². The number of pyridine rings is 1. The minimum Gasteiger partial charge on any atom is -0.481 e. The van der Waals surface area contributed by atoms with Crippen molar-refractivity contribution in [3.63, 3.8) is 0 Å². The summed E-state index contributed by atoms with van der Waals surface area (Å²) < 4.78 is 32.0. The molecule has 9 heteroatoms. The molecule has 0 atom stereocenters. The van der Waals surface area contributed by atoms with Gasteiger partial charge < -0.3 is 4.74 Å². The van der Waals surface area contributed by atoms with Gasteiger partial charge in [0.2, 0.25) is 5.88 Å². The highest BCUT2D eigenvalue weighted by Crippen LogP contribution is 2.28. The summed E-state index contributed by atoms with van der Waals surface area (Å²) >= 11 is 0. The SMILES string of the molecule is COc1ccc(CS(=O)(=O)Cc2nnnn2C2CCCCC2)c(C)n1.